The van der Waals surface area contributed by atoms with Crippen LogP contribution in [0.2, 0.25) is 0 Å². The van der Waals surface area contributed by atoms with E-state index >= 15 is 0 Å². The largest absolute Gasteiger partial charge is 0.480 e. The molecule has 3 aromatic rings. The normalized spacial score (nSPS) is 15.8. The molecular weight excluding hydrogens is 734 g/mol. The highest BCUT2D eigenvalue weighted by atomic mass is 16.6. The Labute approximate surface area is 333 Å². The lowest BCUT2D eigenvalue weighted by Gasteiger charge is -2.32. The maximum atomic E-state index is 13.2. The van der Waals surface area contributed by atoms with Crippen molar-refractivity contribution in [1.29, 1.82) is 0 Å². The highest BCUT2D eigenvalue weighted by molar-refractivity contribution is 5.80. The van der Waals surface area contributed by atoms with Crippen molar-refractivity contribution in [2.24, 2.45) is 0 Å². The lowest BCUT2D eigenvalue weighted by atomic mass is 10.0. The lowest BCUT2D eigenvalue weighted by Crippen LogP contribution is -2.49. The number of carboxylic acids is 3. The second-order valence-electron chi connectivity index (χ2n) is 14.1. The first-order valence-electron chi connectivity index (χ1n) is 19.1. The molecule has 0 saturated carbocycles. The molecule has 16 heteroatoms. The molecule has 4 rings (SSSR count). The number of hydrogen-bond acceptors (Lipinski definition) is 11. The van der Waals surface area contributed by atoms with Gasteiger partial charge in [-0.3, -0.25) is 48.4 Å². The van der Waals surface area contributed by atoms with Gasteiger partial charge in [0.05, 0.1) is 38.8 Å². The van der Waals surface area contributed by atoms with Crippen molar-refractivity contribution in [3.8, 4) is 0 Å². The van der Waals surface area contributed by atoms with E-state index < -0.39 is 23.9 Å². The first-order chi connectivity index (χ1) is 27.5. The second kappa shape index (κ2) is 24.4. The number of hydroxylamine groups is 1. The van der Waals surface area contributed by atoms with Gasteiger partial charge in [0, 0.05) is 65.4 Å². The van der Waals surface area contributed by atoms with Gasteiger partial charge < -0.3 is 26.0 Å². The number of rotatable bonds is 20. The summed E-state index contributed by atoms with van der Waals surface area (Å²) in [4.78, 5) is 73.4. The van der Waals surface area contributed by atoms with Crippen molar-refractivity contribution in [3.63, 3.8) is 0 Å². The highest BCUT2D eigenvalue weighted by Crippen LogP contribution is 2.10. The minimum atomic E-state index is -1.02. The van der Waals surface area contributed by atoms with E-state index in [4.69, 9.17) is 4.84 Å². The van der Waals surface area contributed by atoms with Crippen LogP contribution < -0.4 is 16.1 Å². The van der Waals surface area contributed by atoms with Crippen LogP contribution in [0.25, 0.3) is 0 Å². The van der Waals surface area contributed by atoms with Crippen molar-refractivity contribution >= 4 is 29.7 Å². The van der Waals surface area contributed by atoms with Gasteiger partial charge in [-0.05, 0) is 35.1 Å². The van der Waals surface area contributed by atoms with E-state index in [-0.39, 0.29) is 51.1 Å². The van der Waals surface area contributed by atoms with Gasteiger partial charge in [0.1, 0.15) is 0 Å². The number of benzene rings is 3. The van der Waals surface area contributed by atoms with Gasteiger partial charge in [0.2, 0.25) is 5.91 Å². The lowest BCUT2D eigenvalue weighted by molar-refractivity contribution is -0.140. The number of hydrogen-bond donors (Lipinski definition) is 6. The average molecular weight is 790 g/mol. The van der Waals surface area contributed by atoms with E-state index in [1.807, 2.05) is 89.8 Å². The van der Waals surface area contributed by atoms with Gasteiger partial charge in [-0.1, -0.05) is 84.9 Å². The SMILES string of the molecule is O=C(O)CN1CCN(CC(=O)O)CCN(CC(=O)NCc2ccc(CN[C@H](CCc3ccccc3)C(=O)NOCc3ccccc3)cc2)CCN(CC(=O)O)CC1. The number of carbonyl (C=O) groups excluding carboxylic acids is 2. The standard InChI is InChI=1S/C41H55N7O9/c49-37(27-45-17-19-46(28-38(50)51)21-23-48(30-40(54)55)24-22-47(20-18-45)29-39(52)53)43-26-34-13-11-33(12-14-34)25-42-36(16-15-32-7-3-1-4-8-32)41(56)44-57-31-35-9-5-2-6-10-35/h1-14,36,42H,15-31H2,(H,43,49)(H,44,56)(H,50,51)(H,52,53)(H,54,55)/t36-/m1/s1. The molecule has 2 amide bonds. The summed E-state index contributed by atoms with van der Waals surface area (Å²) in [5.74, 6) is -3.54. The fourth-order valence-electron chi connectivity index (χ4n) is 6.38. The van der Waals surface area contributed by atoms with Crippen molar-refractivity contribution in [3.05, 3.63) is 107 Å². The fraction of sp³-hybridized carbons (Fsp3) is 0.439. The van der Waals surface area contributed by atoms with Gasteiger partial charge in [0.15, 0.2) is 0 Å². The van der Waals surface area contributed by atoms with Gasteiger partial charge in [-0.15, -0.1) is 0 Å². The number of aliphatic carboxylic acids is 3. The van der Waals surface area contributed by atoms with Crippen molar-refractivity contribution < 1.29 is 44.1 Å². The van der Waals surface area contributed by atoms with Gasteiger partial charge >= 0.3 is 17.9 Å². The van der Waals surface area contributed by atoms with E-state index in [0.29, 0.717) is 71.7 Å². The Hall–Kier alpha value is -5.23. The Morgan fingerprint density at radius 3 is 1.42 bits per heavy atom. The number of carboxylic acid groups (broad SMARTS) is 3. The molecule has 0 radical (unpaired) electrons. The van der Waals surface area contributed by atoms with E-state index in [1.165, 1.54) is 0 Å². The molecule has 1 atom stereocenters. The molecule has 1 aliphatic heterocycles. The molecule has 1 aliphatic rings. The monoisotopic (exact) mass is 789 g/mol. The topological polar surface area (TPSA) is 204 Å². The Morgan fingerprint density at radius 1 is 0.544 bits per heavy atom. The summed E-state index contributed by atoms with van der Waals surface area (Å²) in [5.41, 5.74) is 6.50. The van der Waals surface area contributed by atoms with Crippen LogP contribution in [0, 0.1) is 0 Å². The molecule has 6 N–H and O–H groups in total. The minimum absolute atomic E-state index is 0.0243. The molecular formula is C41H55N7O9. The molecule has 0 unspecified atom stereocenters. The zero-order valence-corrected chi connectivity index (χ0v) is 32.3. The van der Waals surface area contributed by atoms with Crippen LogP contribution in [-0.2, 0) is 54.9 Å². The molecule has 1 fully saturated rings. The Morgan fingerprint density at radius 2 is 0.965 bits per heavy atom. The maximum Gasteiger partial charge on any atom is 0.317 e. The average Bonchev–Trinajstić information content (AvgIpc) is 3.18. The van der Waals surface area contributed by atoms with Crippen LogP contribution in [0.15, 0.2) is 84.9 Å². The molecule has 0 spiro atoms. The van der Waals surface area contributed by atoms with Crippen LogP contribution in [0.4, 0.5) is 0 Å². The summed E-state index contributed by atoms with van der Waals surface area (Å²) in [6.07, 6.45) is 1.27. The smallest absolute Gasteiger partial charge is 0.317 e. The van der Waals surface area contributed by atoms with Crippen molar-refractivity contribution in [2.45, 2.75) is 38.6 Å². The predicted molar refractivity (Wildman–Crippen MR) is 212 cm³/mol. The van der Waals surface area contributed by atoms with Crippen LogP contribution >= 0.6 is 0 Å². The van der Waals surface area contributed by atoms with E-state index in [1.54, 1.807) is 14.7 Å². The molecule has 0 aromatic heterocycles. The molecule has 1 saturated heterocycles. The van der Waals surface area contributed by atoms with Gasteiger partial charge in [-0.25, -0.2) is 5.48 Å². The number of amides is 2. The summed E-state index contributed by atoms with van der Waals surface area (Å²) in [5, 5.41) is 34.6. The van der Waals surface area contributed by atoms with Crippen LogP contribution in [0.5, 0.6) is 0 Å². The third-order valence-electron chi connectivity index (χ3n) is 9.57. The molecule has 57 heavy (non-hydrogen) atoms. The van der Waals surface area contributed by atoms with Gasteiger partial charge in [0.25, 0.3) is 5.91 Å². The summed E-state index contributed by atoms with van der Waals surface area (Å²) in [6.45, 7) is 2.82. The van der Waals surface area contributed by atoms with Gasteiger partial charge in [-0.2, -0.15) is 0 Å². The quantitative estimate of drug-likeness (QED) is 0.0889. The summed E-state index contributed by atoms with van der Waals surface area (Å²) >= 11 is 0. The summed E-state index contributed by atoms with van der Waals surface area (Å²) < 4.78 is 0. The first-order valence-corrected chi connectivity index (χ1v) is 19.1. The summed E-state index contributed by atoms with van der Waals surface area (Å²) in [7, 11) is 0. The summed E-state index contributed by atoms with van der Waals surface area (Å²) in [6, 6.07) is 26.7. The third-order valence-corrected chi connectivity index (χ3v) is 9.57. The molecule has 0 bridgehead atoms. The Bertz CT molecular complexity index is 1670. The van der Waals surface area contributed by atoms with E-state index in [2.05, 4.69) is 16.1 Å². The molecule has 0 aliphatic carbocycles. The molecule has 16 nitrogen and oxygen atoms in total. The molecule has 3 aromatic carbocycles. The zero-order valence-electron chi connectivity index (χ0n) is 32.3. The first kappa shape index (κ1) is 44.5. The van der Waals surface area contributed by atoms with E-state index in [0.717, 1.165) is 22.3 Å². The molecule has 1 heterocycles. The number of nitrogens with one attached hydrogen (secondary N) is 3. The third kappa shape index (κ3) is 18.1. The predicted octanol–water partition coefficient (Wildman–Crippen LogP) is 1.12. The van der Waals surface area contributed by atoms with E-state index in [9.17, 15) is 39.3 Å². The number of aryl methyl sites for hydroxylation is 1. The van der Waals surface area contributed by atoms with Crippen LogP contribution in [0.1, 0.15) is 28.7 Å². The number of carbonyl (C=O) groups is 5. The van der Waals surface area contributed by atoms with Crippen molar-refractivity contribution in [2.75, 3.05) is 78.5 Å². The number of nitrogens with zero attached hydrogens (tertiary/aromatic N) is 4. The maximum absolute atomic E-state index is 13.2. The van der Waals surface area contributed by atoms with Crippen LogP contribution in [0.3, 0.4) is 0 Å². The van der Waals surface area contributed by atoms with Crippen molar-refractivity contribution in [1.82, 2.24) is 35.7 Å². The highest BCUT2D eigenvalue weighted by Gasteiger charge is 2.22. The fourth-order valence-corrected chi connectivity index (χ4v) is 6.38. The molecule has 308 valence electrons. The van der Waals surface area contributed by atoms with Crippen LogP contribution in [-0.4, -0.2) is 149 Å². The Balaban J connectivity index is 1.30. The minimum Gasteiger partial charge on any atom is -0.480 e. The Kier molecular flexibility index (Phi) is 19.1. The second-order valence-corrected chi connectivity index (χ2v) is 14.1. The zero-order chi connectivity index (χ0) is 40.8.